The van der Waals surface area contributed by atoms with Gasteiger partial charge in [0.15, 0.2) is 11.5 Å². The van der Waals surface area contributed by atoms with Crippen molar-refractivity contribution in [3.05, 3.63) is 18.6 Å². The predicted octanol–water partition coefficient (Wildman–Crippen LogP) is 2.76. The molecule has 2 N–H and O–H groups in total. The Morgan fingerprint density at radius 2 is 2.11 bits per heavy atom. The largest absolute Gasteiger partial charge is 0.369 e. The number of anilines is 2. The van der Waals surface area contributed by atoms with E-state index in [2.05, 4.69) is 48.3 Å². The van der Waals surface area contributed by atoms with E-state index >= 15 is 0 Å². The van der Waals surface area contributed by atoms with Crippen LogP contribution in [0.2, 0.25) is 0 Å². The normalized spacial score (nSPS) is 11.8. The van der Waals surface area contributed by atoms with Crippen molar-refractivity contribution in [1.29, 1.82) is 0 Å². The molecule has 0 amide bonds. The third-order valence-electron chi connectivity index (χ3n) is 2.42. The highest BCUT2D eigenvalue weighted by Gasteiger charge is 2.14. The fourth-order valence-electron chi connectivity index (χ4n) is 1.71. The molecule has 5 nitrogen and oxygen atoms in total. The molecule has 0 bridgehead atoms. The first-order valence-corrected chi connectivity index (χ1v) is 6.35. The molecule has 0 spiro atoms. The van der Waals surface area contributed by atoms with Crippen LogP contribution in [0.15, 0.2) is 18.6 Å². The summed E-state index contributed by atoms with van der Waals surface area (Å²) in [5.74, 6) is 1.68. The van der Waals surface area contributed by atoms with Crippen molar-refractivity contribution >= 4 is 17.3 Å². The quantitative estimate of drug-likeness (QED) is 0.872. The molecular weight excluding hydrogens is 226 g/mol. The Balaban J connectivity index is 2.38. The molecule has 0 atom stereocenters. The summed E-state index contributed by atoms with van der Waals surface area (Å²) in [6, 6.07) is 0. The minimum atomic E-state index is -0.0389. The molecule has 5 heteroatoms. The second-order valence-corrected chi connectivity index (χ2v) is 5.43. The van der Waals surface area contributed by atoms with Gasteiger partial charge in [0.2, 0.25) is 0 Å². The lowest BCUT2D eigenvalue weighted by Gasteiger charge is -2.22. The van der Waals surface area contributed by atoms with Crippen LogP contribution < -0.4 is 10.6 Å². The maximum atomic E-state index is 4.59. The summed E-state index contributed by atoms with van der Waals surface area (Å²) in [4.78, 5) is 8.92. The molecule has 0 radical (unpaired) electrons. The maximum absolute atomic E-state index is 4.59. The number of aromatic nitrogens is 3. The van der Waals surface area contributed by atoms with E-state index in [4.69, 9.17) is 0 Å². The van der Waals surface area contributed by atoms with E-state index < -0.39 is 0 Å². The van der Waals surface area contributed by atoms with Crippen LogP contribution in [-0.4, -0.2) is 26.5 Å². The molecule has 0 aromatic carbocycles. The Morgan fingerprint density at radius 3 is 2.78 bits per heavy atom. The van der Waals surface area contributed by atoms with E-state index in [1.807, 2.05) is 16.8 Å². The molecule has 98 valence electrons. The number of hydrogen-bond donors (Lipinski definition) is 2. The van der Waals surface area contributed by atoms with Gasteiger partial charge in [0, 0.05) is 24.5 Å². The van der Waals surface area contributed by atoms with Crippen molar-refractivity contribution < 1.29 is 0 Å². The van der Waals surface area contributed by atoms with Gasteiger partial charge in [0.1, 0.15) is 5.82 Å². The fourth-order valence-corrected chi connectivity index (χ4v) is 1.71. The molecule has 18 heavy (non-hydrogen) atoms. The lowest BCUT2D eigenvalue weighted by atomic mass is 10.1. The number of nitrogens with one attached hydrogen (secondary N) is 2. The van der Waals surface area contributed by atoms with E-state index in [1.165, 1.54) is 0 Å². The van der Waals surface area contributed by atoms with Gasteiger partial charge in [-0.15, -0.1) is 0 Å². The van der Waals surface area contributed by atoms with Crippen LogP contribution in [0, 0.1) is 0 Å². The van der Waals surface area contributed by atoms with Crippen molar-refractivity contribution in [2.75, 3.05) is 17.2 Å². The van der Waals surface area contributed by atoms with Gasteiger partial charge in [-0.2, -0.15) is 0 Å². The van der Waals surface area contributed by atoms with Crippen molar-refractivity contribution in [1.82, 2.24) is 14.4 Å². The summed E-state index contributed by atoms with van der Waals surface area (Å²) in [7, 11) is 0. The fraction of sp³-hybridized carbons (Fsp3) is 0.538. The SMILES string of the molecule is CCCNc1cn2ccnc2c(NC(C)(C)C)n1. The van der Waals surface area contributed by atoms with Crippen molar-refractivity contribution in [2.45, 2.75) is 39.7 Å². The number of fused-ring (bicyclic) bond motifs is 1. The van der Waals surface area contributed by atoms with Gasteiger partial charge in [0.05, 0.1) is 6.20 Å². The Hall–Kier alpha value is -1.78. The van der Waals surface area contributed by atoms with Gasteiger partial charge in [-0.25, -0.2) is 9.97 Å². The highest BCUT2D eigenvalue weighted by molar-refractivity contribution is 5.66. The summed E-state index contributed by atoms with van der Waals surface area (Å²) in [6.07, 6.45) is 6.76. The molecule has 2 aromatic rings. The molecule has 0 saturated carbocycles. The van der Waals surface area contributed by atoms with Gasteiger partial charge in [-0.1, -0.05) is 6.92 Å². The second kappa shape index (κ2) is 4.84. The summed E-state index contributed by atoms with van der Waals surface area (Å²) >= 11 is 0. The van der Waals surface area contributed by atoms with Crippen LogP contribution in [-0.2, 0) is 0 Å². The van der Waals surface area contributed by atoms with E-state index in [9.17, 15) is 0 Å². The van der Waals surface area contributed by atoms with E-state index in [1.54, 1.807) is 6.20 Å². The zero-order valence-corrected chi connectivity index (χ0v) is 11.5. The topological polar surface area (TPSA) is 54.2 Å². The third-order valence-corrected chi connectivity index (χ3v) is 2.42. The van der Waals surface area contributed by atoms with Crippen LogP contribution in [0.25, 0.3) is 5.65 Å². The Labute approximate surface area is 108 Å². The number of nitrogens with zero attached hydrogens (tertiary/aromatic N) is 3. The first kappa shape index (κ1) is 12.7. The predicted molar refractivity (Wildman–Crippen MR) is 75.1 cm³/mol. The molecule has 2 aromatic heterocycles. The first-order valence-electron chi connectivity index (χ1n) is 6.35. The smallest absolute Gasteiger partial charge is 0.180 e. The molecule has 2 rings (SSSR count). The number of hydrogen-bond acceptors (Lipinski definition) is 4. The summed E-state index contributed by atoms with van der Waals surface area (Å²) in [5.41, 5.74) is 0.815. The summed E-state index contributed by atoms with van der Waals surface area (Å²) in [5, 5.41) is 6.70. The second-order valence-electron chi connectivity index (χ2n) is 5.43. The first-order chi connectivity index (χ1) is 8.49. The van der Waals surface area contributed by atoms with Gasteiger partial charge in [0.25, 0.3) is 0 Å². The van der Waals surface area contributed by atoms with E-state index in [0.29, 0.717) is 0 Å². The average molecular weight is 247 g/mol. The summed E-state index contributed by atoms with van der Waals surface area (Å²) in [6.45, 7) is 9.39. The Kier molecular flexibility index (Phi) is 3.41. The van der Waals surface area contributed by atoms with E-state index in [-0.39, 0.29) is 5.54 Å². The van der Waals surface area contributed by atoms with Crippen LogP contribution >= 0.6 is 0 Å². The zero-order valence-electron chi connectivity index (χ0n) is 11.5. The molecule has 0 aliphatic carbocycles. The average Bonchev–Trinajstić information content (AvgIpc) is 2.72. The molecular formula is C13H21N5. The van der Waals surface area contributed by atoms with Crippen LogP contribution in [0.1, 0.15) is 34.1 Å². The Bertz CT molecular complexity index is 524. The number of imidazole rings is 1. The Morgan fingerprint density at radius 1 is 1.33 bits per heavy atom. The maximum Gasteiger partial charge on any atom is 0.180 e. The molecule has 0 aliphatic heterocycles. The number of rotatable bonds is 4. The van der Waals surface area contributed by atoms with Gasteiger partial charge in [-0.3, -0.25) is 0 Å². The third kappa shape index (κ3) is 2.91. The van der Waals surface area contributed by atoms with Gasteiger partial charge < -0.3 is 15.0 Å². The minimum Gasteiger partial charge on any atom is -0.369 e. The van der Waals surface area contributed by atoms with Crippen molar-refractivity contribution in [3.63, 3.8) is 0 Å². The highest BCUT2D eigenvalue weighted by Crippen LogP contribution is 2.20. The van der Waals surface area contributed by atoms with Crippen molar-refractivity contribution in [3.8, 4) is 0 Å². The molecule has 0 fully saturated rings. The highest BCUT2D eigenvalue weighted by atomic mass is 15.2. The minimum absolute atomic E-state index is 0.0389. The zero-order chi connectivity index (χ0) is 13.2. The van der Waals surface area contributed by atoms with Gasteiger partial charge >= 0.3 is 0 Å². The molecule has 0 unspecified atom stereocenters. The molecule has 2 heterocycles. The van der Waals surface area contributed by atoms with Crippen LogP contribution in [0.3, 0.4) is 0 Å². The monoisotopic (exact) mass is 247 g/mol. The lowest BCUT2D eigenvalue weighted by Crippen LogP contribution is -2.27. The standard InChI is InChI=1S/C13H21N5/c1-5-6-14-10-9-18-8-7-15-12(18)11(16-10)17-13(2,3)4/h7-9,14H,5-6H2,1-4H3,(H,16,17). The van der Waals surface area contributed by atoms with Crippen molar-refractivity contribution in [2.24, 2.45) is 0 Å². The van der Waals surface area contributed by atoms with Gasteiger partial charge in [-0.05, 0) is 27.2 Å². The summed E-state index contributed by atoms with van der Waals surface area (Å²) < 4.78 is 1.99. The lowest BCUT2D eigenvalue weighted by molar-refractivity contribution is 0.630. The van der Waals surface area contributed by atoms with E-state index in [0.717, 1.165) is 30.2 Å². The molecule has 0 aliphatic rings. The molecule has 0 saturated heterocycles. The van der Waals surface area contributed by atoms with Crippen LogP contribution in [0.5, 0.6) is 0 Å². The van der Waals surface area contributed by atoms with Crippen LogP contribution in [0.4, 0.5) is 11.6 Å².